The summed E-state index contributed by atoms with van der Waals surface area (Å²) in [6.45, 7) is 1.67. The van der Waals surface area contributed by atoms with Gasteiger partial charge < -0.3 is 10.5 Å². The summed E-state index contributed by atoms with van der Waals surface area (Å²) < 4.78 is 72.7. The normalized spacial score (nSPS) is 18.2. The molecule has 7 heteroatoms. The summed E-state index contributed by atoms with van der Waals surface area (Å²) >= 11 is 0. The highest BCUT2D eigenvalue weighted by Gasteiger charge is 2.36. The Kier molecular flexibility index (Phi) is 3.99. The minimum atomic E-state index is -4.61. The van der Waals surface area contributed by atoms with E-state index in [0.29, 0.717) is 0 Å². The van der Waals surface area contributed by atoms with Crippen LogP contribution < -0.4 is 10.5 Å². The van der Waals surface area contributed by atoms with E-state index in [-0.39, 0.29) is 28.9 Å². The number of nitrogens with two attached hydrogens (primary N) is 1. The van der Waals surface area contributed by atoms with Gasteiger partial charge in [0.1, 0.15) is 11.9 Å². The molecule has 2 N–H and O–H groups in total. The van der Waals surface area contributed by atoms with Crippen molar-refractivity contribution in [1.82, 2.24) is 0 Å². The van der Waals surface area contributed by atoms with Crippen molar-refractivity contribution in [3.8, 4) is 16.9 Å². The van der Waals surface area contributed by atoms with Crippen molar-refractivity contribution < 1.29 is 26.7 Å². The summed E-state index contributed by atoms with van der Waals surface area (Å²) in [6, 6.07) is 4.68. The van der Waals surface area contributed by atoms with Gasteiger partial charge in [-0.2, -0.15) is 13.2 Å². The number of ether oxygens (including phenoxy) is 1. The first-order valence-electron chi connectivity index (χ1n) is 7.29. The molecule has 1 aliphatic rings. The maximum Gasteiger partial charge on any atom is 0.416 e. The van der Waals surface area contributed by atoms with E-state index in [1.54, 1.807) is 6.92 Å². The van der Waals surface area contributed by atoms with E-state index in [1.165, 1.54) is 12.1 Å². The average molecular weight is 343 g/mol. The van der Waals surface area contributed by atoms with Gasteiger partial charge in [0, 0.05) is 23.6 Å². The molecule has 128 valence electrons. The lowest BCUT2D eigenvalue weighted by molar-refractivity contribution is -0.137. The predicted octanol–water partition coefficient (Wildman–Crippen LogP) is 4.30. The maximum absolute atomic E-state index is 14.1. The quantitative estimate of drug-likeness (QED) is 0.825. The molecule has 0 fully saturated rings. The zero-order valence-electron chi connectivity index (χ0n) is 12.6. The molecule has 0 amide bonds. The molecule has 0 radical (unpaired) electrons. The first kappa shape index (κ1) is 16.7. The Labute approximate surface area is 135 Å². The van der Waals surface area contributed by atoms with Crippen molar-refractivity contribution >= 4 is 0 Å². The Bertz CT molecular complexity index is 785. The number of alkyl halides is 3. The zero-order chi connectivity index (χ0) is 17.6. The summed E-state index contributed by atoms with van der Waals surface area (Å²) in [6.07, 6.45) is -4.94. The van der Waals surface area contributed by atoms with Gasteiger partial charge in [0.25, 0.3) is 0 Å². The topological polar surface area (TPSA) is 35.2 Å². The van der Waals surface area contributed by atoms with Crippen molar-refractivity contribution in [2.24, 2.45) is 5.73 Å². The van der Waals surface area contributed by atoms with E-state index in [0.717, 1.165) is 18.2 Å². The average Bonchev–Trinajstić information content (AvgIpc) is 2.92. The number of halogens is 5. The second-order valence-electron chi connectivity index (χ2n) is 5.83. The monoisotopic (exact) mass is 343 g/mol. The van der Waals surface area contributed by atoms with Crippen LogP contribution in [0.3, 0.4) is 0 Å². The Hall–Kier alpha value is -2.15. The molecule has 0 saturated carbocycles. The summed E-state index contributed by atoms with van der Waals surface area (Å²) in [5.74, 6) is -2.23. The molecule has 2 aromatic carbocycles. The molecule has 1 heterocycles. The van der Waals surface area contributed by atoms with Crippen molar-refractivity contribution in [2.45, 2.75) is 31.7 Å². The fourth-order valence-corrected chi connectivity index (χ4v) is 2.76. The van der Waals surface area contributed by atoms with Crippen LogP contribution in [0.4, 0.5) is 22.0 Å². The number of rotatable bonds is 2. The van der Waals surface area contributed by atoms with E-state index in [4.69, 9.17) is 10.5 Å². The van der Waals surface area contributed by atoms with Gasteiger partial charge >= 0.3 is 6.18 Å². The predicted molar refractivity (Wildman–Crippen MR) is 78.6 cm³/mol. The second-order valence-corrected chi connectivity index (χ2v) is 5.83. The number of hydrogen-bond donors (Lipinski definition) is 1. The highest BCUT2D eigenvalue weighted by molar-refractivity contribution is 5.75. The van der Waals surface area contributed by atoms with Gasteiger partial charge in [-0.15, -0.1) is 0 Å². The van der Waals surface area contributed by atoms with Crippen LogP contribution in [-0.2, 0) is 12.6 Å². The van der Waals surface area contributed by atoms with Crippen LogP contribution in [0.25, 0.3) is 11.1 Å². The fourth-order valence-electron chi connectivity index (χ4n) is 2.76. The molecular weight excluding hydrogens is 329 g/mol. The Balaban J connectivity index is 2.22. The number of hydrogen-bond acceptors (Lipinski definition) is 2. The van der Waals surface area contributed by atoms with Crippen molar-refractivity contribution in [3.05, 3.63) is 53.1 Å². The van der Waals surface area contributed by atoms with Crippen LogP contribution in [0.2, 0.25) is 0 Å². The lowest BCUT2D eigenvalue weighted by Crippen LogP contribution is -2.34. The highest BCUT2D eigenvalue weighted by Crippen LogP contribution is 2.44. The van der Waals surface area contributed by atoms with Gasteiger partial charge in [-0.25, -0.2) is 8.78 Å². The fraction of sp³-hybridized carbons (Fsp3) is 0.294. The molecule has 0 spiro atoms. The Morgan fingerprint density at radius 3 is 2.50 bits per heavy atom. The van der Waals surface area contributed by atoms with Crippen molar-refractivity contribution in [1.29, 1.82) is 0 Å². The SMILES string of the molecule is CC(N)C1Cc2cc(C(F)(F)F)cc(-c3cccc(F)c3F)c2O1. The van der Waals surface area contributed by atoms with Crippen LogP contribution in [0.1, 0.15) is 18.1 Å². The molecule has 2 atom stereocenters. The first-order chi connectivity index (χ1) is 11.2. The lowest BCUT2D eigenvalue weighted by atomic mass is 9.96. The molecule has 0 aliphatic carbocycles. The third-order valence-corrected chi connectivity index (χ3v) is 4.01. The third-order valence-electron chi connectivity index (χ3n) is 4.01. The van der Waals surface area contributed by atoms with Crippen LogP contribution in [0, 0.1) is 11.6 Å². The summed E-state index contributed by atoms with van der Waals surface area (Å²) in [4.78, 5) is 0. The van der Waals surface area contributed by atoms with Crippen LogP contribution >= 0.6 is 0 Å². The van der Waals surface area contributed by atoms with E-state index < -0.39 is 35.5 Å². The van der Waals surface area contributed by atoms with Crippen LogP contribution in [-0.4, -0.2) is 12.1 Å². The maximum atomic E-state index is 14.1. The van der Waals surface area contributed by atoms with Crippen LogP contribution in [0.15, 0.2) is 30.3 Å². The van der Waals surface area contributed by atoms with Gasteiger partial charge in [0.2, 0.25) is 0 Å². The molecule has 0 aromatic heterocycles. The summed E-state index contributed by atoms with van der Waals surface area (Å²) in [5, 5.41) is 0. The second kappa shape index (κ2) is 5.73. The molecule has 0 bridgehead atoms. The number of fused-ring (bicyclic) bond motifs is 1. The largest absolute Gasteiger partial charge is 0.488 e. The Morgan fingerprint density at radius 2 is 1.88 bits per heavy atom. The molecule has 2 aromatic rings. The smallest absolute Gasteiger partial charge is 0.416 e. The molecule has 24 heavy (non-hydrogen) atoms. The van der Waals surface area contributed by atoms with Gasteiger partial charge in [-0.3, -0.25) is 0 Å². The first-order valence-corrected chi connectivity index (χ1v) is 7.29. The molecule has 3 rings (SSSR count). The zero-order valence-corrected chi connectivity index (χ0v) is 12.6. The molecule has 0 saturated heterocycles. The standard InChI is InChI=1S/C17H14F5NO/c1-8(23)14-6-9-5-10(17(20,21)22)7-12(16(9)24-14)11-3-2-4-13(18)15(11)19/h2-5,7-8,14H,6,23H2,1H3. The van der Waals surface area contributed by atoms with Crippen LogP contribution in [0.5, 0.6) is 5.75 Å². The molecule has 1 aliphatic heterocycles. The minimum absolute atomic E-state index is 0.120. The summed E-state index contributed by atoms with van der Waals surface area (Å²) in [5.41, 5.74) is 4.71. The van der Waals surface area contributed by atoms with E-state index in [2.05, 4.69) is 0 Å². The number of benzene rings is 2. The van der Waals surface area contributed by atoms with Crippen molar-refractivity contribution in [3.63, 3.8) is 0 Å². The van der Waals surface area contributed by atoms with E-state index >= 15 is 0 Å². The minimum Gasteiger partial charge on any atom is -0.488 e. The van der Waals surface area contributed by atoms with Gasteiger partial charge in [-0.05, 0) is 30.7 Å². The third kappa shape index (κ3) is 2.84. The van der Waals surface area contributed by atoms with Gasteiger partial charge in [-0.1, -0.05) is 12.1 Å². The van der Waals surface area contributed by atoms with E-state index in [1.807, 2.05) is 0 Å². The summed E-state index contributed by atoms with van der Waals surface area (Å²) in [7, 11) is 0. The van der Waals surface area contributed by atoms with Gasteiger partial charge in [0.15, 0.2) is 11.6 Å². The molecule has 2 nitrogen and oxygen atoms in total. The molecular formula is C17H14F5NO. The van der Waals surface area contributed by atoms with E-state index in [9.17, 15) is 22.0 Å². The Morgan fingerprint density at radius 1 is 1.17 bits per heavy atom. The highest BCUT2D eigenvalue weighted by atomic mass is 19.4. The molecule has 2 unspecified atom stereocenters. The van der Waals surface area contributed by atoms with Crippen molar-refractivity contribution in [2.75, 3.05) is 0 Å². The van der Waals surface area contributed by atoms with Gasteiger partial charge in [0.05, 0.1) is 5.56 Å². The lowest BCUT2D eigenvalue weighted by Gasteiger charge is -2.16.